The molecule has 0 spiro atoms. The topological polar surface area (TPSA) is 84.9 Å². The van der Waals surface area contributed by atoms with Gasteiger partial charge in [0.05, 0.1) is 18.1 Å². The average molecular weight is 477 g/mol. The summed E-state index contributed by atoms with van der Waals surface area (Å²) in [5.41, 5.74) is 0.976. The van der Waals surface area contributed by atoms with Crippen molar-refractivity contribution in [2.45, 2.75) is 37.0 Å². The van der Waals surface area contributed by atoms with Crippen molar-refractivity contribution in [3.8, 4) is 11.5 Å². The number of hydrogen-bond donors (Lipinski definition) is 1. The minimum absolute atomic E-state index is 0.0266. The van der Waals surface area contributed by atoms with Crippen molar-refractivity contribution in [2.24, 2.45) is 5.92 Å². The highest BCUT2D eigenvalue weighted by atomic mass is 32.2. The number of carbonyl (C=O) groups excluding carboxylic acids is 1. The van der Waals surface area contributed by atoms with Crippen LogP contribution in [-0.2, 0) is 21.2 Å². The molecule has 4 rings (SSSR count). The Labute approximate surface area is 193 Å². The molecule has 2 aliphatic rings. The lowest BCUT2D eigenvalue weighted by Gasteiger charge is -2.32. The summed E-state index contributed by atoms with van der Waals surface area (Å²) in [5.74, 6) is 1.05. The van der Waals surface area contributed by atoms with E-state index >= 15 is 0 Å². The second kappa shape index (κ2) is 10.5. The molecule has 9 heteroatoms. The summed E-state index contributed by atoms with van der Waals surface area (Å²) in [6.07, 6.45) is 3.34. The van der Waals surface area contributed by atoms with Gasteiger partial charge in [0.25, 0.3) is 0 Å². The number of carbonyl (C=O) groups is 1. The first-order valence-electron chi connectivity index (χ1n) is 11.3. The van der Waals surface area contributed by atoms with Crippen molar-refractivity contribution in [3.05, 3.63) is 53.8 Å². The van der Waals surface area contributed by atoms with Gasteiger partial charge in [-0.3, -0.25) is 4.79 Å². The lowest BCUT2D eigenvalue weighted by Crippen LogP contribution is -2.40. The van der Waals surface area contributed by atoms with Crippen LogP contribution in [0.25, 0.3) is 0 Å². The number of fused-ring (bicyclic) bond motifs is 1. The van der Waals surface area contributed by atoms with Gasteiger partial charge in [-0.15, -0.1) is 0 Å². The van der Waals surface area contributed by atoms with Crippen molar-refractivity contribution >= 4 is 15.9 Å². The molecule has 2 aromatic carbocycles. The molecule has 0 bridgehead atoms. The maximum Gasteiger partial charge on any atom is 0.240 e. The molecule has 2 aromatic rings. The Kier molecular flexibility index (Phi) is 7.49. The zero-order valence-electron chi connectivity index (χ0n) is 18.5. The van der Waals surface area contributed by atoms with E-state index in [2.05, 4.69) is 4.72 Å². The second-order valence-corrected chi connectivity index (χ2v) is 10.2. The van der Waals surface area contributed by atoms with Gasteiger partial charge in [-0.2, -0.15) is 0 Å². The summed E-state index contributed by atoms with van der Waals surface area (Å²) >= 11 is 0. The summed E-state index contributed by atoms with van der Waals surface area (Å²) in [6.45, 7) is 2.29. The Morgan fingerprint density at radius 1 is 1.06 bits per heavy atom. The lowest BCUT2D eigenvalue weighted by atomic mass is 9.90. The van der Waals surface area contributed by atoms with E-state index < -0.39 is 10.0 Å². The average Bonchev–Trinajstić information content (AvgIpc) is 3.04. The molecular formula is C24H29FN2O5S. The molecule has 1 amide bonds. The molecule has 33 heavy (non-hydrogen) atoms. The minimum atomic E-state index is -3.77. The van der Waals surface area contributed by atoms with Gasteiger partial charge in [-0.1, -0.05) is 12.1 Å². The van der Waals surface area contributed by atoms with E-state index in [0.29, 0.717) is 43.7 Å². The fourth-order valence-corrected chi connectivity index (χ4v) is 5.28. The fraction of sp³-hybridized carbons (Fsp3) is 0.458. The summed E-state index contributed by atoms with van der Waals surface area (Å²) in [4.78, 5) is 14.4. The van der Waals surface area contributed by atoms with Gasteiger partial charge >= 0.3 is 0 Å². The van der Waals surface area contributed by atoms with Crippen molar-refractivity contribution in [3.63, 3.8) is 0 Å². The van der Waals surface area contributed by atoms with Gasteiger partial charge in [-0.25, -0.2) is 17.5 Å². The minimum Gasteiger partial charge on any atom is -0.490 e. The van der Waals surface area contributed by atoms with Crippen LogP contribution in [0.3, 0.4) is 0 Å². The van der Waals surface area contributed by atoms with Crippen LogP contribution in [0.15, 0.2) is 47.4 Å². The zero-order valence-corrected chi connectivity index (χ0v) is 19.3. The molecule has 1 N–H and O–H groups in total. The van der Waals surface area contributed by atoms with E-state index in [1.54, 1.807) is 23.1 Å². The van der Waals surface area contributed by atoms with Crippen molar-refractivity contribution in [1.82, 2.24) is 9.62 Å². The van der Waals surface area contributed by atoms with E-state index in [0.717, 1.165) is 31.2 Å². The van der Waals surface area contributed by atoms with Crippen LogP contribution in [0.5, 0.6) is 11.5 Å². The molecule has 2 aliphatic heterocycles. The molecule has 2 heterocycles. The predicted molar refractivity (Wildman–Crippen MR) is 121 cm³/mol. The number of ether oxygens (including phenoxy) is 2. The number of halogens is 1. The normalized spacial score (nSPS) is 16.9. The SMILES string of the molecule is O=C(CCNS(=O)(=O)c1ccc2c(c1)OCCCO2)N1CCC(Cc2cccc(F)c2)CC1. The smallest absolute Gasteiger partial charge is 0.240 e. The third-order valence-electron chi connectivity index (χ3n) is 6.04. The summed E-state index contributed by atoms with van der Waals surface area (Å²) < 4.78 is 52.3. The van der Waals surface area contributed by atoms with Crippen molar-refractivity contribution < 1.29 is 27.1 Å². The number of sulfonamides is 1. The molecule has 0 radical (unpaired) electrons. The molecule has 178 valence electrons. The molecule has 1 saturated heterocycles. The highest BCUT2D eigenvalue weighted by Gasteiger charge is 2.24. The molecule has 0 aliphatic carbocycles. The summed E-state index contributed by atoms with van der Waals surface area (Å²) in [6, 6.07) is 11.2. The number of hydrogen-bond acceptors (Lipinski definition) is 5. The van der Waals surface area contributed by atoms with E-state index in [1.807, 2.05) is 6.07 Å². The maximum atomic E-state index is 13.4. The molecule has 0 aromatic heterocycles. The van der Waals surface area contributed by atoms with Crippen molar-refractivity contribution in [2.75, 3.05) is 32.8 Å². The molecule has 7 nitrogen and oxygen atoms in total. The van der Waals surface area contributed by atoms with Gasteiger partial charge in [0.2, 0.25) is 15.9 Å². The van der Waals surface area contributed by atoms with Crippen LogP contribution < -0.4 is 14.2 Å². The van der Waals surface area contributed by atoms with Gasteiger partial charge in [0.1, 0.15) is 5.82 Å². The summed E-state index contributed by atoms with van der Waals surface area (Å²) in [5, 5.41) is 0. The predicted octanol–water partition coefficient (Wildman–Crippen LogP) is 3.14. The standard InChI is InChI=1S/C24H29FN2O5S/c25-20-4-1-3-19(16-20)15-18-8-11-27(12-9-18)24(28)7-10-26-33(29,30)21-5-6-22-23(17-21)32-14-2-13-31-22/h1,3-6,16-18,26H,2,7-15H2. The van der Waals surface area contributed by atoms with E-state index in [1.165, 1.54) is 18.2 Å². The Balaban J connectivity index is 1.23. The fourth-order valence-electron chi connectivity index (χ4n) is 4.23. The Bertz CT molecular complexity index is 1080. The van der Waals surface area contributed by atoms with Crippen molar-refractivity contribution in [1.29, 1.82) is 0 Å². The van der Waals surface area contributed by atoms with Gasteiger partial charge < -0.3 is 14.4 Å². The highest BCUT2D eigenvalue weighted by Crippen LogP contribution is 2.31. The number of nitrogens with zero attached hydrogens (tertiary/aromatic N) is 1. The largest absolute Gasteiger partial charge is 0.490 e. The van der Waals surface area contributed by atoms with E-state index in [9.17, 15) is 17.6 Å². The third kappa shape index (κ3) is 6.23. The Hall–Kier alpha value is -2.65. The summed E-state index contributed by atoms with van der Waals surface area (Å²) in [7, 11) is -3.77. The molecule has 0 atom stereocenters. The first-order valence-corrected chi connectivity index (χ1v) is 12.8. The zero-order chi connectivity index (χ0) is 23.3. The van der Waals surface area contributed by atoms with Crippen LogP contribution in [0.1, 0.15) is 31.2 Å². The first-order chi connectivity index (χ1) is 15.9. The van der Waals surface area contributed by atoms with Crippen LogP contribution in [0, 0.1) is 11.7 Å². The second-order valence-electron chi connectivity index (χ2n) is 8.46. The molecule has 0 unspecified atom stereocenters. The maximum absolute atomic E-state index is 13.4. The number of benzene rings is 2. The van der Waals surface area contributed by atoms with Crippen LogP contribution in [0.2, 0.25) is 0 Å². The highest BCUT2D eigenvalue weighted by molar-refractivity contribution is 7.89. The Morgan fingerprint density at radius 2 is 1.82 bits per heavy atom. The van der Waals surface area contributed by atoms with E-state index in [4.69, 9.17) is 9.47 Å². The number of piperidine rings is 1. The number of rotatable bonds is 7. The third-order valence-corrected chi connectivity index (χ3v) is 7.50. The first kappa shape index (κ1) is 23.5. The number of likely N-dealkylation sites (tertiary alicyclic amines) is 1. The number of nitrogens with one attached hydrogen (secondary N) is 1. The molecular weight excluding hydrogens is 447 g/mol. The van der Waals surface area contributed by atoms with Crippen LogP contribution in [-0.4, -0.2) is 52.1 Å². The van der Waals surface area contributed by atoms with E-state index in [-0.39, 0.29) is 29.6 Å². The Morgan fingerprint density at radius 3 is 2.58 bits per heavy atom. The van der Waals surface area contributed by atoms with Crippen LogP contribution in [0.4, 0.5) is 4.39 Å². The molecule has 0 saturated carbocycles. The van der Waals surface area contributed by atoms with Gasteiger partial charge in [0, 0.05) is 38.5 Å². The lowest BCUT2D eigenvalue weighted by molar-refractivity contribution is -0.132. The number of amides is 1. The quantitative estimate of drug-likeness (QED) is 0.664. The monoisotopic (exact) mass is 476 g/mol. The van der Waals surface area contributed by atoms with Crippen LogP contribution >= 0.6 is 0 Å². The van der Waals surface area contributed by atoms with Gasteiger partial charge in [0.15, 0.2) is 11.5 Å². The molecule has 1 fully saturated rings. The van der Waals surface area contributed by atoms with Gasteiger partial charge in [-0.05, 0) is 55.0 Å².